The van der Waals surface area contributed by atoms with Crippen molar-refractivity contribution in [2.45, 2.75) is 20.8 Å². The second kappa shape index (κ2) is 5.83. The molecule has 0 bridgehead atoms. The summed E-state index contributed by atoms with van der Waals surface area (Å²) < 4.78 is 0. The van der Waals surface area contributed by atoms with Crippen molar-refractivity contribution < 1.29 is 5.21 Å². The highest BCUT2D eigenvalue weighted by Gasteiger charge is 2.05. The first kappa shape index (κ1) is 11.2. The van der Waals surface area contributed by atoms with E-state index < -0.39 is 0 Å². The maximum absolute atomic E-state index is 8.23. The molecule has 0 heterocycles. The molecule has 4 heteroatoms. The molecule has 0 saturated carbocycles. The molecule has 0 saturated heterocycles. The van der Waals surface area contributed by atoms with E-state index in [4.69, 9.17) is 10.9 Å². The van der Waals surface area contributed by atoms with Gasteiger partial charge in [0.05, 0.1) is 6.54 Å². The largest absolute Gasteiger partial charge is 0.409 e. The number of amidine groups is 1. The predicted molar refractivity (Wildman–Crippen MR) is 50.3 cm³/mol. The van der Waals surface area contributed by atoms with E-state index in [0.29, 0.717) is 18.4 Å². The molecule has 0 fully saturated rings. The van der Waals surface area contributed by atoms with Gasteiger partial charge in [0.25, 0.3) is 0 Å². The number of nitrogens with one attached hydrogen (secondary N) is 1. The number of hydrogen-bond donors (Lipinski definition) is 3. The van der Waals surface area contributed by atoms with E-state index in [1.807, 2.05) is 0 Å². The molecule has 4 nitrogen and oxygen atoms in total. The third-order valence-electron chi connectivity index (χ3n) is 2.04. The third-order valence-corrected chi connectivity index (χ3v) is 2.04. The molecule has 0 aliphatic rings. The maximum Gasteiger partial charge on any atom is 0.153 e. The van der Waals surface area contributed by atoms with Crippen molar-refractivity contribution >= 4 is 5.84 Å². The standard InChI is InChI=1S/C8H19N3O/c1-6(2)7(3)4-10-5-8(9)11-12/h6-7,10,12H,4-5H2,1-3H3,(H2,9,11). The van der Waals surface area contributed by atoms with Crippen LogP contribution in [-0.2, 0) is 0 Å². The summed E-state index contributed by atoms with van der Waals surface area (Å²) >= 11 is 0. The fourth-order valence-corrected chi connectivity index (χ4v) is 0.699. The van der Waals surface area contributed by atoms with Crippen LogP contribution >= 0.6 is 0 Å². The summed E-state index contributed by atoms with van der Waals surface area (Å²) in [7, 11) is 0. The normalized spacial score (nSPS) is 15.2. The molecule has 72 valence electrons. The maximum atomic E-state index is 8.23. The van der Waals surface area contributed by atoms with E-state index >= 15 is 0 Å². The first-order valence-electron chi connectivity index (χ1n) is 4.25. The second-order valence-corrected chi connectivity index (χ2v) is 3.44. The Morgan fingerprint density at radius 1 is 1.50 bits per heavy atom. The van der Waals surface area contributed by atoms with E-state index in [-0.39, 0.29) is 5.84 Å². The van der Waals surface area contributed by atoms with Crippen LogP contribution in [0.5, 0.6) is 0 Å². The quantitative estimate of drug-likeness (QED) is 0.247. The summed E-state index contributed by atoms with van der Waals surface area (Å²) in [6, 6.07) is 0. The zero-order valence-corrected chi connectivity index (χ0v) is 8.04. The molecular weight excluding hydrogens is 154 g/mol. The topological polar surface area (TPSA) is 70.6 Å². The molecule has 0 amide bonds. The van der Waals surface area contributed by atoms with Gasteiger partial charge in [0.15, 0.2) is 5.84 Å². The fraction of sp³-hybridized carbons (Fsp3) is 0.875. The molecule has 4 N–H and O–H groups in total. The van der Waals surface area contributed by atoms with Crippen molar-refractivity contribution in [3.8, 4) is 0 Å². The predicted octanol–water partition coefficient (Wildman–Crippen LogP) is 0.615. The zero-order chi connectivity index (χ0) is 9.56. The van der Waals surface area contributed by atoms with Crippen molar-refractivity contribution in [3.63, 3.8) is 0 Å². The summed E-state index contributed by atoms with van der Waals surface area (Å²) in [6.45, 7) is 7.87. The van der Waals surface area contributed by atoms with Gasteiger partial charge >= 0.3 is 0 Å². The van der Waals surface area contributed by atoms with Crippen molar-refractivity contribution in [2.75, 3.05) is 13.1 Å². The van der Waals surface area contributed by atoms with Gasteiger partial charge < -0.3 is 16.3 Å². The van der Waals surface area contributed by atoms with Gasteiger partial charge in [-0.3, -0.25) is 0 Å². The SMILES string of the molecule is CC(C)C(C)CNCC(N)=NO. The molecule has 12 heavy (non-hydrogen) atoms. The van der Waals surface area contributed by atoms with Crippen molar-refractivity contribution in [1.29, 1.82) is 0 Å². The average molecular weight is 173 g/mol. The number of rotatable bonds is 5. The van der Waals surface area contributed by atoms with Crippen LogP contribution < -0.4 is 11.1 Å². The highest BCUT2D eigenvalue weighted by molar-refractivity contribution is 5.81. The Kier molecular flexibility index (Phi) is 5.45. The molecule has 0 aromatic carbocycles. The molecule has 0 radical (unpaired) electrons. The highest BCUT2D eigenvalue weighted by atomic mass is 16.4. The summed E-state index contributed by atoms with van der Waals surface area (Å²) in [4.78, 5) is 0. The molecule has 0 aliphatic heterocycles. The minimum atomic E-state index is 0.228. The van der Waals surface area contributed by atoms with Crippen LogP contribution in [0.4, 0.5) is 0 Å². The molecule has 0 spiro atoms. The van der Waals surface area contributed by atoms with E-state index in [2.05, 4.69) is 31.2 Å². The van der Waals surface area contributed by atoms with Crippen LogP contribution in [0, 0.1) is 11.8 Å². The van der Waals surface area contributed by atoms with Gasteiger partial charge in [0.2, 0.25) is 0 Å². The van der Waals surface area contributed by atoms with Gasteiger partial charge in [-0.2, -0.15) is 0 Å². The number of nitrogens with two attached hydrogens (primary N) is 1. The Morgan fingerprint density at radius 3 is 2.50 bits per heavy atom. The Morgan fingerprint density at radius 2 is 2.08 bits per heavy atom. The molecule has 0 rings (SSSR count). The monoisotopic (exact) mass is 173 g/mol. The van der Waals surface area contributed by atoms with Gasteiger partial charge in [-0.15, -0.1) is 0 Å². The highest BCUT2D eigenvalue weighted by Crippen LogP contribution is 2.06. The van der Waals surface area contributed by atoms with Crippen molar-refractivity contribution in [1.82, 2.24) is 5.32 Å². The number of hydrogen-bond acceptors (Lipinski definition) is 3. The smallest absolute Gasteiger partial charge is 0.153 e. The Hall–Kier alpha value is -0.770. The van der Waals surface area contributed by atoms with Crippen LogP contribution in [-0.4, -0.2) is 24.1 Å². The molecule has 0 aromatic rings. The molecule has 1 atom stereocenters. The van der Waals surface area contributed by atoms with E-state index in [0.717, 1.165) is 6.54 Å². The van der Waals surface area contributed by atoms with Gasteiger partial charge in [0.1, 0.15) is 0 Å². The lowest BCUT2D eigenvalue weighted by atomic mass is 9.98. The van der Waals surface area contributed by atoms with Gasteiger partial charge in [-0.1, -0.05) is 25.9 Å². The van der Waals surface area contributed by atoms with E-state index in [9.17, 15) is 0 Å². The summed E-state index contributed by atoms with van der Waals surface area (Å²) in [5.41, 5.74) is 5.27. The van der Waals surface area contributed by atoms with Crippen LogP contribution in [0.3, 0.4) is 0 Å². The fourth-order valence-electron chi connectivity index (χ4n) is 0.699. The van der Waals surface area contributed by atoms with Gasteiger partial charge in [-0.25, -0.2) is 0 Å². The number of oxime groups is 1. The molecule has 1 unspecified atom stereocenters. The Bertz CT molecular complexity index is 145. The lowest BCUT2D eigenvalue weighted by Crippen LogP contribution is -2.33. The van der Waals surface area contributed by atoms with Crippen LogP contribution in [0.2, 0.25) is 0 Å². The Labute approximate surface area is 73.8 Å². The minimum Gasteiger partial charge on any atom is -0.409 e. The summed E-state index contributed by atoms with van der Waals surface area (Å²) in [5, 5.41) is 14.2. The molecular formula is C8H19N3O. The van der Waals surface area contributed by atoms with Gasteiger partial charge in [0, 0.05) is 0 Å². The van der Waals surface area contributed by atoms with Crippen molar-refractivity contribution in [2.24, 2.45) is 22.7 Å². The first-order chi connectivity index (χ1) is 5.57. The van der Waals surface area contributed by atoms with E-state index in [1.165, 1.54) is 0 Å². The third kappa shape index (κ3) is 4.96. The lowest BCUT2D eigenvalue weighted by Gasteiger charge is -2.15. The minimum absolute atomic E-state index is 0.228. The van der Waals surface area contributed by atoms with E-state index in [1.54, 1.807) is 0 Å². The summed E-state index contributed by atoms with van der Waals surface area (Å²) in [5.74, 6) is 1.49. The van der Waals surface area contributed by atoms with Gasteiger partial charge in [-0.05, 0) is 18.4 Å². The lowest BCUT2D eigenvalue weighted by molar-refractivity contribution is 0.316. The second-order valence-electron chi connectivity index (χ2n) is 3.44. The average Bonchev–Trinajstić information content (AvgIpc) is 2.03. The van der Waals surface area contributed by atoms with Crippen LogP contribution in [0.1, 0.15) is 20.8 Å². The summed E-state index contributed by atoms with van der Waals surface area (Å²) in [6.07, 6.45) is 0. The zero-order valence-electron chi connectivity index (χ0n) is 8.04. The van der Waals surface area contributed by atoms with Crippen LogP contribution in [0.15, 0.2) is 5.16 Å². The molecule has 0 aromatic heterocycles. The number of nitrogens with zero attached hydrogens (tertiary/aromatic N) is 1. The van der Waals surface area contributed by atoms with Crippen LogP contribution in [0.25, 0.3) is 0 Å². The first-order valence-corrected chi connectivity index (χ1v) is 4.25. The van der Waals surface area contributed by atoms with Crippen molar-refractivity contribution in [3.05, 3.63) is 0 Å². The molecule has 0 aliphatic carbocycles. The Balaban J connectivity index is 3.43.